The summed E-state index contributed by atoms with van der Waals surface area (Å²) in [6.45, 7) is 0. The third-order valence-electron chi connectivity index (χ3n) is 3.47. The first kappa shape index (κ1) is 16.1. The van der Waals surface area contributed by atoms with Crippen LogP contribution < -0.4 is 10.5 Å². The summed E-state index contributed by atoms with van der Waals surface area (Å²) in [4.78, 5) is 15.6. The second-order valence-corrected chi connectivity index (χ2v) is 6.02. The Labute approximate surface area is 144 Å². The SMILES string of the molecule is COc1ccc(-c2cnc(SCC(N)=O)n2-c2ccccc2)cc1. The fourth-order valence-electron chi connectivity index (χ4n) is 2.36. The van der Waals surface area contributed by atoms with E-state index in [0.29, 0.717) is 0 Å². The number of carbonyl (C=O) groups is 1. The molecule has 0 aliphatic carbocycles. The van der Waals surface area contributed by atoms with E-state index in [4.69, 9.17) is 10.5 Å². The van der Waals surface area contributed by atoms with Gasteiger partial charge in [-0.15, -0.1) is 0 Å². The molecule has 0 saturated carbocycles. The quantitative estimate of drug-likeness (QED) is 0.701. The molecule has 1 heterocycles. The van der Waals surface area contributed by atoms with Gasteiger partial charge in [-0.3, -0.25) is 9.36 Å². The van der Waals surface area contributed by atoms with Crippen molar-refractivity contribution in [3.63, 3.8) is 0 Å². The van der Waals surface area contributed by atoms with Crippen LogP contribution in [0, 0.1) is 0 Å². The van der Waals surface area contributed by atoms with E-state index in [9.17, 15) is 4.79 Å². The molecule has 2 aromatic carbocycles. The smallest absolute Gasteiger partial charge is 0.227 e. The van der Waals surface area contributed by atoms with Crippen molar-refractivity contribution in [2.75, 3.05) is 12.9 Å². The Bertz CT molecular complexity index is 829. The fourth-order valence-corrected chi connectivity index (χ4v) is 3.10. The molecule has 0 aliphatic heterocycles. The van der Waals surface area contributed by atoms with E-state index in [2.05, 4.69) is 4.98 Å². The molecule has 0 aliphatic rings. The second kappa shape index (κ2) is 7.23. The molecule has 0 atom stereocenters. The Morgan fingerprint density at radius 3 is 2.50 bits per heavy atom. The molecule has 0 unspecified atom stereocenters. The van der Waals surface area contributed by atoms with Crippen molar-refractivity contribution in [3.05, 3.63) is 60.8 Å². The van der Waals surface area contributed by atoms with Gasteiger partial charge in [0.25, 0.3) is 0 Å². The predicted octanol–water partition coefficient (Wildman–Crippen LogP) is 3.13. The zero-order valence-electron chi connectivity index (χ0n) is 13.2. The van der Waals surface area contributed by atoms with Gasteiger partial charge in [-0.1, -0.05) is 30.0 Å². The number of hydrogen-bond acceptors (Lipinski definition) is 4. The highest BCUT2D eigenvalue weighted by Gasteiger charge is 2.14. The number of hydrogen-bond donors (Lipinski definition) is 1. The van der Waals surface area contributed by atoms with Gasteiger partial charge in [0.1, 0.15) is 5.75 Å². The summed E-state index contributed by atoms with van der Waals surface area (Å²) < 4.78 is 7.24. The number of rotatable bonds is 6. The maximum Gasteiger partial charge on any atom is 0.227 e. The molecule has 122 valence electrons. The number of primary amides is 1. The summed E-state index contributed by atoms with van der Waals surface area (Å²) >= 11 is 1.33. The van der Waals surface area contributed by atoms with Crippen molar-refractivity contribution < 1.29 is 9.53 Å². The average molecular weight is 339 g/mol. The molecule has 1 amide bonds. The number of methoxy groups -OCH3 is 1. The van der Waals surface area contributed by atoms with E-state index in [0.717, 1.165) is 27.9 Å². The van der Waals surface area contributed by atoms with Crippen LogP contribution >= 0.6 is 11.8 Å². The van der Waals surface area contributed by atoms with Gasteiger partial charge in [0.05, 0.1) is 24.8 Å². The first-order chi connectivity index (χ1) is 11.7. The fraction of sp³-hybridized carbons (Fsp3) is 0.111. The van der Waals surface area contributed by atoms with E-state index >= 15 is 0 Å². The van der Waals surface area contributed by atoms with Crippen LogP contribution in [0.15, 0.2) is 66.0 Å². The molecular weight excluding hydrogens is 322 g/mol. The molecule has 6 heteroatoms. The number of benzene rings is 2. The zero-order chi connectivity index (χ0) is 16.9. The topological polar surface area (TPSA) is 70.1 Å². The molecule has 5 nitrogen and oxygen atoms in total. The Balaban J connectivity index is 2.06. The van der Waals surface area contributed by atoms with Gasteiger partial charge in [0.15, 0.2) is 5.16 Å². The summed E-state index contributed by atoms with van der Waals surface area (Å²) in [5, 5.41) is 0.728. The average Bonchev–Trinajstić information content (AvgIpc) is 3.04. The minimum Gasteiger partial charge on any atom is -0.497 e. The van der Waals surface area contributed by atoms with Crippen LogP contribution in [0.5, 0.6) is 5.75 Å². The van der Waals surface area contributed by atoms with E-state index < -0.39 is 0 Å². The second-order valence-electron chi connectivity index (χ2n) is 5.08. The zero-order valence-corrected chi connectivity index (χ0v) is 14.0. The van der Waals surface area contributed by atoms with Gasteiger partial charge in [0, 0.05) is 11.3 Å². The monoisotopic (exact) mass is 339 g/mol. The maximum absolute atomic E-state index is 11.1. The number of amides is 1. The normalized spacial score (nSPS) is 10.5. The summed E-state index contributed by atoms with van der Waals surface area (Å²) in [6.07, 6.45) is 1.80. The molecule has 1 aromatic heterocycles. The highest BCUT2D eigenvalue weighted by Crippen LogP contribution is 2.30. The van der Waals surface area contributed by atoms with Gasteiger partial charge in [0.2, 0.25) is 5.91 Å². The van der Waals surface area contributed by atoms with Crippen LogP contribution in [0.2, 0.25) is 0 Å². The van der Waals surface area contributed by atoms with Gasteiger partial charge in [-0.2, -0.15) is 0 Å². The summed E-state index contributed by atoms with van der Waals surface area (Å²) in [7, 11) is 1.64. The minimum absolute atomic E-state index is 0.186. The van der Waals surface area contributed by atoms with Gasteiger partial charge >= 0.3 is 0 Å². The lowest BCUT2D eigenvalue weighted by molar-refractivity contribution is -0.115. The Kier molecular flexibility index (Phi) is 4.86. The summed E-state index contributed by atoms with van der Waals surface area (Å²) in [6, 6.07) is 17.7. The highest BCUT2D eigenvalue weighted by atomic mass is 32.2. The number of imidazole rings is 1. The molecule has 0 bridgehead atoms. The molecule has 3 rings (SSSR count). The predicted molar refractivity (Wildman–Crippen MR) is 95.5 cm³/mol. The molecule has 3 aromatic rings. The molecule has 0 spiro atoms. The molecule has 0 radical (unpaired) electrons. The number of nitrogens with two attached hydrogens (primary N) is 1. The molecule has 2 N–H and O–H groups in total. The van der Waals surface area contributed by atoms with Crippen LogP contribution in [0.25, 0.3) is 16.9 Å². The number of nitrogens with zero attached hydrogens (tertiary/aromatic N) is 2. The summed E-state index contributed by atoms with van der Waals surface area (Å²) in [5.74, 6) is 0.618. The van der Waals surface area contributed by atoms with Crippen LogP contribution in [0.3, 0.4) is 0 Å². The third-order valence-corrected chi connectivity index (χ3v) is 4.45. The van der Waals surface area contributed by atoms with Crippen LogP contribution in [-0.4, -0.2) is 28.3 Å². The lowest BCUT2D eigenvalue weighted by atomic mass is 10.1. The lowest BCUT2D eigenvalue weighted by Gasteiger charge is -2.12. The van der Waals surface area contributed by atoms with Crippen LogP contribution in [0.1, 0.15) is 0 Å². The van der Waals surface area contributed by atoms with E-state index in [1.165, 1.54) is 11.8 Å². The summed E-state index contributed by atoms with van der Waals surface area (Å²) in [5.41, 5.74) is 8.20. The molecular formula is C18H17N3O2S. The van der Waals surface area contributed by atoms with Gasteiger partial charge < -0.3 is 10.5 Å². The van der Waals surface area contributed by atoms with E-state index in [1.807, 2.05) is 59.2 Å². The first-order valence-corrected chi connectivity index (χ1v) is 8.36. The van der Waals surface area contributed by atoms with Crippen molar-refractivity contribution in [2.45, 2.75) is 5.16 Å². The third kappa shape index (κ3) is 3.44. The molecule has 0 fully saturated rings. The number of ether oxygens (including phenoxy) is 1. The van der Waals surface area contributed by atoms with Crippen molar-refractivity contribution in [3.8, 4) is 22.7 Å². The standard InChI is InChI=1S/C18H17N3O2S/c1-23-15-9-7-13(8-10-15)16-11-20-18(24-12-17(19)22)21(16)14-5-3-2-4-6-14/h2-11H,12H2,1H3,(H2,19,22). The number of thioether (sulfide) groups is 1. The van der Waals surface area contributed by atoms with Crippen molar-refractivity contribution in [2.24, 2.45) is 5.73 Å². The van der Waals surface area contributed by atoms with Gasteiger partial charge in [-0.05, 0) is 36.4 Å². The highest BCUT2D eigenvalue weighted by molar-refractivity contribution is 7.99. The number of aromatic nitrogens is 2. The Morgan fingerprint density at radius 2 is 1.88 bits per heavy atom. The van der Waals surface area contributed by atoms with Crippen molar-refractivity contribution >= 4 is 17.7 Å². The van der Waals surface area contributed by atoms with Crippen molar-refractivity contribution in [1.82, 2.24) is 9.55 Å². The van der Waals surface area contributed by atoms with E-state index in [1.54, 1.807) is 13.3 Å². The largest absolute Gasteiger partial charge is 0.497 e. The first-order valence-electron chi connectivity index (χ1n) is 7.37. The number of carbonyl (C=O) groups excluding carboxylic acids is 1. The molecule has 24 heavy (non-hydrogen) atoms. The van der Waals surface area contributed by atoms with E-state index in [-0.39, 0.29) is 11.7 Å². The van der Waals surface area contributed by atoms with Crippen molar-refractivity contribution in [1.29, 1.82) is 0 Å². The number of para-hydroxylation sites is 1. The van der Waals surface area contributed by atoms with Crippen LogP contribution in [0.4, 0.5) is 0 Å². The minimum atomic E-state index is -0.367. The Hall–Kier alpha value is -2.73. The van der Waals surface area contributed by atoms with Gasteiger partial charge in [-0.25, -0.2) is 4.98 Å². The maximum atomic E-state index is 11.1. The lowest BCUT2D eigenvalue weighted by Crippen LogP contribution is -2.13. The molecule has 0 saturated heterocycles. The Morgan fingerprint density at radius 1 is 1.17 bits per heavy atom. The van der Waals surface area contributed by atoms with Crippen LogP contribution in [-0.2, 0) is 4.79 Å².